The van der Waals surface area contributed by atoms with Crippen molar-refractivity contribution >= 4 is 11.9 Å². The molecule has 1 unspecified atom stereocenters. The highest BCUT2D eigenvalue weighted by molar-refractivity contribution is 5.97. The highest BCUT2D eigenvalue weighted by Gasteiger charge is 2.45. The predicted octanol–water partition coefficient (Wildman–Crippen LogP) is 1.70. The molecule has 1 aromatic heterocycles. The minimum atomic E-state index is -0.966. The molecular weight excluding hydrogens is 248 g/mol. The minimum Gasteiger partial charge on any atom is -0.480 e. The van der Waals surface area contributed by atoms with Gasteiger partial charge in [0, 0.05) is 6.54 Å². The number of piperidine rings is 1. The van der Waals surface area contributed by atoms with Crippen LogP contribution in [-0.4, -0.2) is 39.6 Å². The van der Waals surface area contributed by atoms with Crippen LogP contribution in [-0.2, 0) is 4.79 Å². The van der Waals surface area contributed by atoms with E-state index < -0.39 is 17.4 Å². The van der Waals surface area contributed by atoms with E-state index in [1.165, 1.54) is 11.1 Å². The molecule has 0 radical (unpaired) electrons. The number of nitrogens with zero attached hydrogens (tertiary/aromatic N) is 2. The third-order valence-electron chi connectivity index (χ3n) is 3.75. The summed E-state index contributed by atoms with van der Waals surface area (Å²) in [4.78, 5) is 25.4. The molecule has 19 heavy (non-hydrogen) atoms. The van der Waals surface area contributed by atoms with Gasteiger partial charge in [-0.15, -0.1) is 0 Å². The van der Waals surface area contributed by atoms with Crippen molar-refractivity contribution in [2.45, 2.75) is 39.7 Å². The lowest BCUT2D eigenvalue weighted by molar-refractivity contribution is -0.148. The lowest BCUT2D eigenvalue weighted by Crippen LogP contribution is -2.56. The zero-order valence-corrected chi connectivity index (χ0v) is 11.3. The molecule has 6 nitrogen and oxygen atoms in total. The van der Waals surface area contributed by atoms with E-state index in [4.69, 9.17) is 4.52 Å². The first-order valence-corrected chi connectivity index (χ1v) is 6.29. The van der Waals surface area contributed by atoms with E-state index in [1.807, 2.05) is 13.8 Å². The number of aliphatic carboxylic acids is 1. The van der Waals surface area contributed by atoms with Crippen LogP contribution in [0.1, 0.15) is 42.8 Å². The van der Waals surface area contributed by atoms with Crippen molar-refractivity contribution in [3.8, 4) is 0 Å². The standard InChI is InChI=1S/C13H18N2O4/c1-8-9(7-14-19-8)11(16)15-6-4-5-13(2,3)10(15)12(17)18/h7,10H,4-6H2,1-3H3,(H,17,18). The van der Waals surface area contributed by atoms with Crippen molar-refractivity contribution in [1.29, 1.82) is 0 Å². The Balaban J connectivity index is 2.34. The van der Waals surface area contributed by atoms with E-state index in [1.54, 1.807) is 6.92 Å². The van der Waals surface area contributed by atoms with Gasteiger partial charge in [-0.3, -0.25) is 4.79 Å². The van der Waals surface area contributed by atoms with Crippen LogP contribution < -0.4 is 0 Å². The smallest absolute Gasteiger partial charge is 0.326 e. The maximum absolute atomic E-state index is 12.4. The molecule has 1 amide bonds. The Kier molecular flexibility index (Phi) is 3.34. The molecule has 6 heteroatoms. The molecule has 1 saturated heterocycles. The van der Waals surface area contributed by atoms with Crippen LogP contribution in [0.15, 0.2) is 10.7 Å². The molecule has 0 aromatic carbocycles. The Morgan fingerprint density at radius 1 is 1.53 bits per heavy atom. The quantitative estimate of drug-likeness (QED) is 0.880. The topological polar surface area (TPSA) is 83.6 Å². The van der Waals surface area contributed by atoms with E-state index in [0.29, 0.717) is 17.9 Å². The van der Waals surface area contributed by atoms with Crippen LogP contribution in [0.4, 0.5) is 0 Å². The number of carboxylic acids is 1. The van der Waals surface area contributed by atoms with Crippen molar-refractivity contribution in [2.24, 2.45) is 5.41 Å². The highest BCUT2D eigenvalue weighted by Crippen LogP contribution is 2.36. The molecule has 0 bridgehead atoms. The van der Waals surface area contributed by atoms with Crippen LogP contribution in [0.5, 0.6) is 0 Å². The molecule has 0 saturated carbocycles. The minimum absolute atomic E-state index is 0.320. The maximum atomic E-state index is 12.4. The van der Waals surface area contributed by atoms with Crippen LogP contribution in [0.25, 0.3) is 0 Å². The van der Waals surface area contributed by atoms with Crippen molar-refractivity contribution < 1.29 is 19.2 Å². The summed E-state index contributed by atoms with van der Waals surface area (Å²) >= 11 is 0. The second-order valence-electron chi connectivity index (χ2n) is 5.63. The zero-order chi connectivity index (χ0) is 14.2. The number of aromatic nitrogens is 1. The number of carbonyl (C=O) groups excluding carboxylic acids is 1. The van der Waals surface area contributed by atoms with Gasteiger partial charge in [0.05, 0.1) is 6.20 Å². The highest BCUT2D eigenvalue weighted by atomic mass is 16.5. The molecule has 1 aliphatic rings. The second kappa shape index (κ2) is 4.68. The Bertz CT molecular complexity index is 506. The molecule has 1 atom stereocenters. The van der Waals surface area contributed by atoms with Gasteiger partial charge >= 0.3 is 5.97 Å². The van der Waals surface area contributed by atoms with Gasteiger partial charge in [-0.1, -0.05) is 19.0 Å². The van der Waals surface area contributed by atoms with Crippen molar-refractivity contribution in [1.82, 2.24) is 10.1 Å². The van der Waals surface area contributed by atoms with E-state index in [9.17, 15) is 14.7 Å². The van der Waals surface area contributed by atoms with Crippen LogP contribution in [0.2, 0.25) is 0 Å². The summed E-state index contributed by atoms with van der Waals surface area (Å²) in [5, 5.41) is 13.0. The number of carboxylic acid groups (broad SMARTS) is 1. The number of carbonyl (C=O) groups is 2. The van der Waals surface area contributed by atoms with Crippen LogP contribution >= 0.6 is 0 Å². The molecule has 1 fully saturated rings. The fraction of sp³-hybridized carbons (Fsp3) is 0.615. The molecule has 104 valence electrons. The Hall–Kier alpha value is -1.85. The Labute approximate surface area is 111 Å². The molecular formula is C13H18N2O4. The number of amides is 1. The number of aryl methyl sites for hydroxylation is 1. The number of hydrogen-bond acceptors (Lipinski definition) is 4. The van der Waals surface area contributed by atoms with Crippen LogP contribution in [0.3, 0.4) is 0 Å². The molecule has 1 N–H and O–H groups in total. The summed E-state index contributed by atoms with van der Waals surface area (Å²) in [6.45, 7) is 5.85. The van der Waals surface area contributed by atoms with Crippen molar-refractivity contribution in [3.05, 3.63) is 17.5 Å². The monoisotopic (exact) mass is 266 g/mol. The summed E-state index contributed by atoms with van der Waals surface area (Å²) in [5.41, 5.74) is -0.103. The second-order valence-corrected chi connectivity index (χ2v) is 5.63. The molecule has 0 aliphatic carbocycles. The summed E-state index contributed by atoms with van der Waals surface area (Å²) in [7, 11) is 0. The number of likely N-dealkylation sites (tertiary alicyclic amines) is 1. The molecule has 0 spiro atoms. The first kappa shape index (κ1) is 13.6. The summed E-state index contributed by atoms with van der Waals surface area (Å²) in [6.07, 6.45) is 2.93. The molecule has 1 aliphatic heterocycles. The Morgan fingerprint density at radius 3 is 2.74 bits per heavy atom. The first-order chi connectivity index (χ1) is 8.84. The van der Waals surface area contributed by atoms with Crippen molar-refractivity contribution in [2.75, 3.05) is 6.54 Å². The van der Waals surface area contributed by atoms with Gasteiger partial charge in [0.15, 0.2) is 0 Å². The largest absolute Gasteiger partial charge is 0.480 e. The van der Waals surface area contributed by atoms with E-state index in [0.717, 1.165) is 12.8 Å². The normalized spacial score (nSPS) is 22.3. The third kappa shape index (κ3) is 2.34. The number of hydrogen-bond donors (Lipinski definition) is 1. The zero-order valence-electron chi connectivity index (χ0n) is 11.3. The third-order valence-corrected chi connectivity index (χ3v) is 3.75. The van der Waals surface area contributed by atoms with E-state index in [-0.39, 0.29) is 5.91 Å². The number of rotatable bonds is 2. The van der Waals surface area contributed by atoms with Gasteiger partial charge < -0.3 is 14.5 Å². The van der Waals surface area contributed by atoms with Gasteiger partial charge in [0.25, 0.3) is 5.91 Å². The summed E-state index contributed by atoms with van der Waals surface area (Å²) in [5.74, 6) is -0.872. The fourth-order valence-electron chi connectivity index (χ4n) is 2.74. The van der Waals surface area contributed by atoms with E-state index in [2.05, 4.69) is 5.16 Å². The van der Waals surface area contributed by atoms with Gasteiger partial charge in [0.1, 0.15) is 17.4 Å². The van der Waals surface area contributed by atoms with E-state index >= 15 is 0 Å². The first-order valence-electron chi connectivity index (χ1n) is 6.29. The van der Waals surface area contributed by atoms with Crippen LogP contribution in [0, 0.1) is 12.3 Å². The van der Waals surface area contributed by atoms with Crippen molar-refractivity contribution in [3.63, 3.8) is 0 Å². The van der Waals surface area contributed by atoms with Gasteiger partial charge in [-0.05, 0) is 25.2 Å². The average molecular weight is 266 g/mol. The van der Waals surface area contributed by atoms with Gasteiger partial charge in [0.2, 0.25) is 0 Å². The summed E-state index contributed by atoms with van der Waals surface area (Å²) in [6, 6.07) is -0.817. The average Bonchev–Trinajstić information content (AvgIpc) is 2.72. The lowest BCUT2D eigenvalue weighted by atomic mass is 9.76. The predicted molar refractivity (Wildman–Crippen MR) is 66.7 cm³/mol. The lowest BCUT2D eigenvalue weighted by Gasteiger charge is -2.43. The fourth-order valence-corrected chi connectivity index (χ4v) is 2.74. The van der Waals surface area contributed by atoms with Gasteiger partial charge in [-0.25, -0.2) is 4.79 Å². The molecule has 1 aromatic rings. The Morgan fingerprint density at radius 2 is 2.21 bits per heavy atom. The maximum Gasteiger partial charge on any atom is 0.326 e. The summed E-state index contributed by atoms with van der Waals surface area (Å²) < 4.78 is 4.88. The SMILES string of the molecule is Cc1oncc1C(=O)N1CCCC(C)(C)C1C(=O)O. The van der Waals surface area contributed by atoms with Gasteiger partial charge in [-0.2, -0.15) is 0 Å². The molecule has 2 heterocycles. The molecule has 2 rings (SSSR count).